The summed E-state index contributed by atoms with van der Waals surface area (Å²) >= 11 is 0. The molecule has 0 fully saturated rings. The van der Waals surface area contributed by atoms with Gasteiger partial charge in [0.2, 0.25) is 5.91 Å². The van der Waals surface area contributed by atoms with Gasteiger partial charge < -0.3 is 5.32 Å². The van der Waals surface area contributed by atoms with Gasteiger partial charge in [0.15, 0.2) is 9.84 Å². The van der Waals surface area contributed by atoms with Crippen molar-refractivity contribution in [2.45, 2.75) is 23.1 Å². The van der Waals surface area contributed by atoms with E-state index in [9.17, 15) is 23.3 Å². The standard InChI is InChI=1S/C22H20N2O5S/c1-16(25)23-21(17-8-4-2-5-9-17)22(18-10-6-3-7-11-18)30(28,29)20-14-12-19(13-15-20)24(26)27/h2-15,21-22H,1H3,(H,23,25)/t21-,22+/m1/s1. The van der Waals surface area contributed by atoms with Crippen LogP contribution in [-0.4, -0.2) is 19.2 Å². The number of nitro groups is 1. The Morgan fingerprint density at radius 2 is 1.37 bits per heavy atom. The SMILES string of the molecule is CC(=O)N[C@H](c1ccccc1)[C@H](c1ccccc1)S(=O)(=O)c1ccc([N+](=O)[O-])cc1. The second-order valence-electron chi connectivity index (χ2n) is 6.72. The number of nitrogens with one attached hydrogen (secondary N) is 1. The van der Waals surface area contributed by atoms with Gasteiger partial charge in [0, 0.05) is 19.1 Å². The number of carbonyl (C=O) groups is 1. The van der Waals surface area contributed by atoms with Crippen molar-refractivity contribution in [3.8, 4) is 0 Å². The highest BCUT2D eigenvalue weighted by Gasteiger charge is 2.37. The van der Waals surface area contributed by atoms with E-state index in [-0.39, 0.29) is 16.5 Å². The molecular formula is C22H20N2O5S. The fourth-order valence-electron chi connectivity index (χ4n) is 3.31. The van der Waals surface area contributed by atoms with Gasteiger partial charge >= 0.3 is 0 Å². The molecule has 2 atom stereocenters. The molecule has 30 heavy (non-hydrogen) atoms. The van der Waals surface area contributed by atoms with E-state index in [0.717, 1.165) is 12.1 Å². The van der Waals surface area contributed by atoms with Gasteiger partial charge in [-0.2, -0.15) is 0 Å². The Bertz CT molecular complexity index is 1130. The Hall–Kier alpha value is -3.52. The number of hydrogen-bond acceptors (Lipinski definition) is 5. The summed E-state index contributed by atoms with van der Waals surface area (Å²) in [6.07, 6.45) is 0. The summed E-state index contributed by atoms with van der Waals surface area (Å²) in [5.41, 5.74) is 0.928. The largest absolute Gasteiger partial charge is 0.348 e. The Kier molecular flexibility index (Phi) is 6.27. The van der Waals surface area contributed by atoms with E-state index < -0.39 is 26.1 Å². The molecule has 0 aliphatic rings. The van der Waals surface area contributed by atoms with Crippen molar-refractivity contribution in [1.29, 1.82) is 0 Å². The van der Waals surface area contributed by atoms with Crippen LogP contribution in [0.3, 0.4) is 0 Å². The molecule has 0 aromatic heterocycles. The zero-order valence-corrected chi connectivity index (χ0v) is 17.0. The molecule has 0 unspecified atom stereocenters. The normalized spacial score (nSPS) is 13.2. The van der Waals surface area contributed by atoms with E-state index in [1.54, 1.807) is 60.7 Å². The second kappa shape index (κ2) is 8.87. The molecule has 3 rings (SSSR count). The molecule has 1 N–H and O–H groups in total. The maximum absolute atomic E-state index is 13.7. The number of hydrogen-bond donors (Lipinski definition) is 1. The maximum Gasteiger partial charge on any atom is 0.269 e. The smallest absolute Gasteiger partial charge is 0.269 e. The molecule has 0 heterocycles. The molecular weight excluding hydrogens is 404 g/mol. The third kappa shape index (κ3) is 4.55. The Labute approximate surface area is 174 Å². The van der Waals surface area contributed by atoms with Crippen molar-refractivity contribution in [3.63, 3.8) is 0 Å². The van der Waals surface area contributed by atoms with Gasteiger partial charge in [0.1, 0.15) is 5.25 Å². The lowest BCUT2D eigenvalue weighted by Gasteiger charge is -2.28. The van der Waals surface area contributed by atoms with Crippen molar-refractivity contribution < 1.29 is 18.1 Å². The van der Waals surface area contributed by atoms with Crippen LogP contribution in [0.25, 0.3) is 0 Å². The Morgan fingerprint density at radius 3 is 1.83 bits per heavy atom. The molecule has 7 nitrogen and oxygen atoms in total. The Balaban J connectivity index is 2.18. The van der Waals surface area contributed by atoms with E-state index in [1.807, 2.05) is 0 Å². The summed E-state index contributed by atoms with van der Waals surface area (Å²) < 4.78 is 27.4. The van der Waals surface area contributed by atoms with Crippen molar-refractivity contribution in [1.82, 2.24) is 5.32 Å². The molecule has 3 aromatic carbocycles. The minimum absolute atomic E-state index is 0.0618. The summed E-state index contributed by atoms with van der Waals surface area (Å²) in [6.45, 7) is 1.33. The van der Waals surface area contributed by atoms with Crippen LogP contribution in [0.15, 0.2) is 89.8 Å². The predicted molar refractivity (Wildman–Crippen MR) is 112 cm³/mol. The summed E-state index contributed by atoms with van der Waals surface area (Å²) in [4.78, 5) is 22.3. The number of non-ortho nitro benzene ring substituents is 1. The number of nitrogens with zero attached hydrogens (tertiary/aromatic N) is 1. The quantitative estimate of drug-likeness (QED) is 0.456. The molecule has 0 spiro atoms. The van der Waals surface area contributed by atoms with Crippen LogP contribution in [0.2, 0.25) is 0 Å². The summed E-state index contributed by atoms with van der Waals surface area (Å²) in [6, 6.07) is 21.3. The molecule has 8 heteroatoms. The van der Waals surface area contributed by atoms with Crippen LogP contribution in [0.1, 0.15) is 29.3 Å². The number of sulfone groups is 1. The first kappa shape index (κ1) is 21.2. The highest BCUT2D eigenvalue weighted by Crippen LogP contribution is 2.39. The van der Waals surface area contributed by atoms with Gasteiger partial charge in [0.05, 0.1) is 15.9 Å². The van der Waals surface area contributed by atoms with E-state index in [0.29, 0.717) is 11.1 Å². The first-order valence-corrected chi connectivity index (χ1v) is 10.7. The lowest BCUT2D eigenvalue weighted by atomic mass is 9.98. The third-order valence-electron chi connectivity index (χ3n) is 4.66. The average Bonchev–Trinajstić information content (AvgIpc) is 2.74. The maximum atomic E-state index is 13.7. The minimum atomic E-state index is -4.03. The van der Waals surface area contributed by atoms with Crippen LogP contribution in [-0.2, 0) is 14.6 Å². The average molecular weight is 424 g/mol. The predicted octanol–water partition coefficient (Wildman–Crippen LogP) is 3.99. The third-order valence-corrected chi connectivity index (χ3v) is 6.80. The van der Waals surface area contributed by atoms with Gasteiger partial charge in [-0.05, 0) is 23.3 Å². The fraction of sp³-hybridized carbons (Fsp3) is 0.136. The van der Waals surface area contributed by atoms with Crippen LogP contribution in [0, 0.1) is 10.1 Å². The number of benzene rings is 3. The Morgan fingerprint density at radius 1 is 0.867 bits per heavy atom. The highest BCUT2D eigenvalue weighted by atomic mass is 32.2. The zero-order valence-electron chi connectivity index (χ0n) is 16.1. The molecule has 0 radical (unpaired) electrons. The van der Waals surface area contributed by atoms with Crippen LogP contribution < -0.4 is 5.32 Å². The molecule has 0 aliphatic heterocycles. The molecule has 1 amide bonds. The topological polar surface area (TPSA) is 106 Å². The molecule has 0 aliphatic carbocycles. The van der Waals surface area contributed by atoms with Gasteiger partial charge in [-0.15, -0.1) is 0 Å². The number of amides is 1. The lowest BCUT2D eigenvalue weighted by Crippen LogP contribution is -2.34. The number of carbonyl (C=O) groups excluding carboxylic acids is 1. The summed E-state index contributed by atoms with van der Waals surface area (Å²) in [5.74, 6) is -0.372. The van der Waals surface area contributed by atoms with Gasteiger partial charge in [-0.3, -0.25) is 14.9 Å². The van der Waals surface area contributed by atoms with Crippen LogP contribution >= 0.6 is 0 Å². The zero-order chi connectivity index (χ0) is 21.7. The second-order valence-corrected chi connectivity index (χ2v) is 8.79. The van der Waals surface area contributed by atoms with E-state index >= 15 is 0 Å². The van der Waals surface area contributed by atoms with Crippen LogP contribution in [0.5, 0.6) is 0 Å². The molecule has 0 saturated heterocycles. The fourth-order valence-corrected chi connectivity index (χ4v) is 5.22. The van der Waals surface area contributed by atoms with Gasteiger partial charge in [-0.1, -0.05) is 60.7 Å². The molecule has 0 bridgehead atoms. The van der Waals surface area contributed by atoms with Crippen LogP contribution in [0.4, 0.5) is 5.69 Å². The van der Waals surface area contributed by atoms with E-state index in [2.05, 4.69) is 5.32 Å². The van der Waals surface area contributed by atoms with Crippen molar-refractivity contribution in [2.75, 3.05) is 0 Å². The van der Waals surface area contributed by atoms with Gasteiger partial charge in [0.25, 0.3) is 5.69 Å². The monoisotopic (exact) mass is 424 g/mol. The van der Waals surface area contributed by atoms with Crippen molar-refractivity contribution >= 4 is 21.4 Å². The first-order valence-electron chi connectivity index (χ1n) is 9.16. The van der Waals surface area contributed by atoms with E-state index in [4.69, 9.17) is 0 Å². The number of rotatable bonds is 7. The van der Waals surface area contributed by atoms with Crippen molar-refractivity contribution in [2.24, 2.45) is 0 Å². The summed E-state index contributed by atoms with van der Waals surface area (Å²) in [5, 5.41) is 12.6. The summed E-state index contributed by atoms with van der Waals surface area (Å²) in [7, 11) is -4.03. The molecule has 0 saturated carbocycles. The lowest BCUT2D eigenvalue weighted by molar-refractivity contribution is -0.384. The number of nitro benzene ring substituents is 1. The van der Waals surface area contributed by atoms with Gasteiger partial charge in [-0.25, -0.2) is 8.42 Å². The van der Waals surface area contributed by atoms with E-state index in [1.165, 1.54) is 19.1 Å². The molecule has 154 valence electrons. The highest BCUT2D eigenvalue weighted by molar-refractivity contribution is 7.91. The minimum Gasteiger partial charge on any atom is -0.348 e. The molecule has 3 aromatic rings. The van der Waals surface area contributed by atoms with Crippen molar-refractivity contribution in [3.05, 3.63) is 106 Å². The first-order chi connectivity index (χ1) is 14.3.